The molecule has 0 nitrogen and oxygen atoms in total. The van der Waals surface area contributed by atoms with E-state index < -0.39 is 8.07 Å². The third-order valence-electron chi connectivity index (χ3n) is 4.83. The van der Waals surface area contributed by atoms with E-state index in [4.69, 9.17) is 0 Å². The van der Waals surface area contributed by atoms with E-state index in [9.17, 15) is 0 Å². The number of hydrogen-bond acceptors (Lipinski definition) is 0. The van der Waals surface area contributed by atoms with E-state index in [2.05, 4.69) is 106 Å². The van der Waals surface area contributed by atoms with Crippen LogP contribution in [0.15, 0.2) is 85.1 Å². The van der Waals surface area contributed by atoms with Gasteiger partial charge in [-0.2, -0.15) is 0 Å². The Balaban J connectivity index is 2.29. The molecular weight excluding hydrogens is 304 g/mol. The number of aryl methyl sites for hydroxylation is 3. The normalized spacial score (nSPS) is 11.3. The second-order valence-corrected chi connectivity index (χ2v) is 10.4. The largest absolute Gasteiger partial charge is 0.171 e. The van der Waals surface area contributed by atoms with Gasteiger partial charge in [-0.25, -0.2) is 0 Å². The van der Waals surface area contributed by atoms with Crippen LogP contribution in [0.2, 0.25) is 0 Å². The number of benzene rings is 3. The summed E-state index contributed by atoms with van der Waals surface area (Å²) in [6.45, 7) is 10.7. The van der Waals surface area contributed by atoms with Crippen LogP contribution in [0.4, 0.5) is 0 Å². The first-order valence-corrected chi connectivity index (χ1v) is 10.5. The quantitative estimate of drug-likeness (QED) is 0.505. The molecule has 120 valence electrons. The molecule has 3 aromatic rings. The Bertz CT molecular complexity index is 714. The highest BCUT2D eigenvalue weighted by atomic mass is 28.3. The van der Waals surface area contributed by atoms with Crippen LogP contribution in [0.25, 0.3) is 0 Å². The molecule has 0 aliphatic carbocycles. The van der Waals surface area contributed by atoms with Crippen molar-refractivity contribution in [2.45, 2.75) is 20.8 Å². The van der Waals surface area contributed by atoms with Crippen LogP contribution < -0.4 is 15.6 Å². The van der Waals surface area contributed by atoms with E-state index in [0.29, 0.717) is 0 Å². The van der Waals surface area contributed by atoms with E-state index in [1.54, 1.807) is 0 Å². The fraction of sp³-hybridized carbons (Fsp3) is 0.130. The van der Waals surface area contributed by atoms with E-state index in [1.807, 2.05) is 0 Å². The van der Waals surface area contributed by atoms with Gasteiger partial charge in [0.15, 0.2) is 8.07 Å². The van der Waals surface area contributed by atoms with Crippen molar-refractivity contribution in [3.63, 3.8) is 0 Å². The van der Waals surface area contributed by atoms with Gasteiger partial charge in [-0.1, -0.05) is 95.2 Å². The number of rotatable bonds is 4. The van der Waals surface area contributed by atoms with Gasteiger partial charge in [-0.3, -0.25) is 0 Å². The van der Waals surface area contributed by atoms with Crippen LogP contribution in [0, 0.1) is 20.8 Å². The van der Waals surface area contributed by atoms with Crippen LogP contribution in [-0.2, 0) is 0 Å². The molecule has 0 aliphatic rings. The Kier molecular flexibility index (Phi) is 4.54. The summed E-state index contributed by atoms with van der Waals surface area (Å²) in [5, 5.41) is 4.16. The zero-order valence-electron chi connectivity index (χ0n) is 14.7. The molecule has 3 aromatic carbocycles. The summed E-state index contributed by atoms with van der Waals surface area (Å²) < 4.78 is 0. The SMILES string of the molecule is C=C[Si](c1ccc(C)cc1)(c1ccc(C)cc1)c1ccc(C)cc1. The van der Waals surface area contributed by atoms with Gasteiger partial charge >= 0.3 is 0 Å². The molecule has 0 radical (unpaired) electrons. The zero-order valence-corrected chi connectivity index (χ0v) is 15.7. The lowest BCUT2D eigenvalue weighted by atomic mass is 10.2. The Morgan fingerprint density at radius 3 is 1.00 bits per heavy atom. The van der Waals surface area contributed by atoms with Gasteiger partial charge in [-0.05, 0) is 36.3 Å². The standard InChI is InChI=1S/C23H24Si/c1-5-24(21-12-6-18(2)7-13-21,22-14-8-19(3)9-15-22)23-16-10-20(4)11-17-23/h5-17H,1H2,2-4H3. The van der Waals surface area contributed by atoms with Crippen molar-refractivity contribution in [2.75, 3.05) is 0 Å². The van der Waals surface area contributed by atoms with Crippen molar-refractivity contribution in [3.05, 3.63) is 102 Å². The fourth-order valence-electron chi connectivity index (χ4n) is 3.30. The molecule has 0 amide bonds. The zero-order chi connectivity index (χ0) is 17.2. The minimum Gasteiger partial charge on any atom is -0.106 e. The van der Waals surface area contributed by atoms with E-state index >= 15 is 0 Å². The molecule has 0 N–H and O–H groups in total. The third-order valence-corrected chi connectivity index (χ3v) is 9.17. The average molecular weight is 329 g/mol. The molecule has 0 fully saturated rings. The lowest BCUT2D eigenvalue weighted by molar-refractivity contribution is 1.47. The second-order valence-electron chi connectivity index (χ2n) is 6.61. The Morgan fingerprint density at radius 2 is 0.792 bits per heavy atom. The van der Waals surface area contributed by atoms with E-state index in [1.165, 1.54) is 32.3 Å². The van der Waals surface area contributed by atoms with Crippen molar-refractivity contribution in [1.82, 2.24) is 0 Å². The molecule has 0 aliphatic heterocycles. The van der Waals surface area contributed by atoms with Crippen LogP contribution in [0.1, 0.15) is 16.7 Å². The van der Waals surface area contributed by atoms with Crippen molar-refractivity contribution in [1.29, 1.82) is 0 Å². The van der Waals surface area contributed by atoms with Crippen molar-refractivity contribution in [2.24, 2.45) is 0 Å². The van der Waals surface area contributed by atoms with Gasteiger partial charge in [0.2, 0.25) is 0 Å². The summed E-state index contributed by atoms with van der Waals surface area (Å²) in [5.74, 6) is 0. The molecule has 0 spiro atoms. The Labute approximate surface area is 146 Å². The summed E-state index contributed by atoms with van der Waals surface area (Å²) in [4.78, 5) is 0. The summed E-state index contributed by atoms with van der Waals surface area (Å²) in [7, 11) is -2.20. The van der Waals surface area contributed by atoms with Gasteiger partial charge in [-0.15, -0.1) is 6.58 Å². The van der Waals surface area contributed by atoms with Crippen LogP contribution in [0.5, 0.6) is 0 Å². The highest BCUT2D eigenvalue weighted by Gasteiger charge is 2.36. The highest BCUT2D eigenvalue weighted by molar-refractivity contribution is 7.14. The molecule has 3 rings (SSSR count). The predicted molar refractivity (Wildman–Crippen MR) is 108 cm³/mol. The molecule has 0 saturated carbocycles. The smallest absolute Gasteiger partial charge is 0.106 e. The molecule has 0 atom stereocenters. The van der Waals surface area contributed by atoms with Gasteiger partial charge in [0.25, 0.3) is 0 Å². The lowest BCUT2D eigenvalue weighted by Crippen LogP contribution is -2.65. The summed E-state index contributed by atoms with van der Waals surface area (Å²) in [6.07, 6.45) is 0. The minimum atomic E-state index is -2.20. The van der Waals surface area contributed by atoms with Crippen molar-refractivity contribution < 1.29 is 0 Å². The molecule has 0 unspecified atom stereocenters. The summed E-state index contributed by atoms with van der Waals surface area (Å²) in [6, 6.07) is 27.0. The van der Waals surface area contributed by atoms with Crippen LogP contribution in [0.3, 0.4) is 0 Å². The first-order valence-electron chi connectivity index (χ1n) is 8.41. The molecule has 0 heterocycles. The van der Waals surface area contributed by atoms with E-state index in [-0.39, 0.29) is 0 Å². The maximum Gasteiger partial charge on any atom is 0.171 e. The van der Waals surface area contributed by atoms with Gasteiger partial charge in [0.1, 0.15) is 0 Å². The molecular formula is C23H24Si. The maximum atomic E-state index is 4.29. The monoisotopic (exact) mass is 328 g/mol. The average Bonchev–Trinajstić information content (AvgIpc) is 2.60. The molecule has 24 heavy (non-hydrogen) atoms. The molecule has 0 aromatic heterocycles. The van der Waals surface area contributed by atoms with Crippen molar-refractivity contribution in [3.8, 4) is 0 Å². The van der Waals surface area contributed by atoms with E-state index in [0.717, 1.165) is 0 Å². The van der Waals surface area contributed by atoms with Crippen molar-refractivity contribution >= 4 is 23.6 Å². The Hall–Kier alpha value is -2.38. The molecule has 1 heteroatoms. The molecule has 0 bridgehead atoms. The van der Waals surface area contributed by atoms with Gasteiger partial charge < -0.3 is 0 Å². The third kappa shape index (κ3) is 2.88. The highest BCUT2D eigenvalue weighted by Crippen LogP contribution is 2.11. The predicted octanol–water partition coefficient (Wildman–Crippen LogP) is 3.81. The minimum absolute atomic E-state index is 1.29. The fourth-order valence-corrected chi connectivity index (χ4v) is 7.09. The first kappa shape index (κ1) is 16.5. The van der Waals surface area contributed by atoms with Crippen LogP contribution >= 0.6 is 0 Å². The molecule has 0 saturated heterocycles. The maximum absolute atomic E-state index is 4.29. The first-order chi connectivity index (χ1) is 11.6. The Morgan fingerprint density at radius 1 is 0.542 bits per heavy atom. The topological polar surface area (TPSA) is 0 Å². The van der Waals surface area contributed by atoms with Gasteiger partial charge in [0.05, 0.1) is 0 Å². The van der Waals surface area contributed by atoms with Gasteiger partial charge in [0, 0.05) is 0 Å². The second kappa shape index (κ2) is 6.62. The summed E-state index contributed by atoms with van der Waals surface area (Å²) >= 11 is 0. The summed E-state index contributed by atoms with van der Waals surface area (Å²) in [5.41, 5.74) is 6.09. The van der Waals surface area contributed by atoms with Crippen LogP contribution in [-0.4, -0.2) is 8.07 Å². The lowest BCUT2D eigenvalue weighted by Gasteiger charge is -2.30. The number of hydrogen-bond donors (Lipinski definition) is 0.